The van der Waals surface area contributed by atoms with E-state index in [-0.39, 0.29) is 11.8 Å². The zero-order valence-electron chi connectivity index (χ0n) is 16.4. The molecule has 0 aliphatic carbocycles. The number of aromatic amines is 1. The van der Waals surface area contributed by atoms with Crippen LogP contribution >= 0.6 is 0 Å². The molecule has 2 saturated heterocycles. The molecule has 1 aromatic carbocycles. The van der Waals surface area contributed by atoms with Crippen LogP contribution < -0.4 is 0 Å². The van der Waals surface area contributed by atoms with Gasteiger partial charge >= 0.3 is 0 Å². The molecule has 1 N–H and O–H groups in total. The number of carbonyl (C=O) groups is 2. The molecule has 2 aliphatic heterocycles. The van der Waals surface area contributed by atoms with Crippen molar-refractivity contribution in [2.45, 2.75) is 46.0 Å². The van der Waals surface area contributed by atoms with Crippen molar-refractivity contribution in [2.24, 2.45) is 5.92 Å². The molecule has 0 spiro atoms. The number of fused-ring (bicyclic) bond motifs is 1. The molecule has 0 saturated carbocycles. The molecule has 2 aromatic rings. The van der Waals surface area contributed by atoms with Crippen LogP contribution in [0.25, 0.3) is 10.9 Å². The van der Waals surface area contributed by atoms with Gasteiger partial charge in [0.1, 0.15) is 5.69 Å². The molecule has 2 aliphatic rings. The number of hydrogen-bond donors (Lipinski definition) is 1. The number of amides is 2. The van der Waals surface area contributed by atoms with E-state index in [2.05, 4.69) is 31.0 Å². The predicted octanol–water partition coefficient (Wildman–Crippen LogP) is 3.65. The molecular formula is C22H29N3O2. The summed E-state index contributed by atoms with van der Waals surface area (Å²) in [7, 11) is 0. The lowest BCUT2D eigenvalue weighted by Crippen LogP contribution is -2.45. The summed E-state index contributed by atoms with van der Waals surface area (Å²) in [5.41, 5.74) is 4.05. The maximum absolute atomic E-state index is 12.9. The molecular weight excluding hydrogens is 338 g/mol. The minimum atomic E-state index is 0.0483. The average Bonchev–Trinajstić information content (AvgIpc) is 3.12. The number of nitrogens with zero attached hydrogens (tertiary/aromatic N) is 2. The smallest absolute Gasteiger partial charge is 0.270 e. The summed E-state index contributed by atoms with van der Waals surface area (Å²) >= 11 is 0. The van der Waals surface area contributed by atoms with Crippen molar-refractivity contribution < 1.29 is 9.59 Å². The SMILES string of the molecule is Cc1cc(C)c2cc(C(=O)N3CCC(C(=O)N4CCCCC4)CC3)[nH]c2c1. The van der Waals surface area contributed by atoms with Gasteiger partial charge < -0.3 is 14.8 Å². The van der Waals surface area contributed by atoms with Crippen molar-refractivity contribution in [1.82, 2.24) is 14.8 Å². The van der Waals surface area contributed by atoms with E-state index in [0.717, 1.165) is 49.7 Å². The first-order chi connectivity index (χ1) is 13.0. The van der Waals surface area contributed by atoms with E-state index >= 15 is 0 Å². The quantitative estimate of drug-likeness (QED) is 0.881. The van der Waals surface area contributed by atoms with Crippen molar-refractivity contribution in [3.8, 4) is 0 Å². The normalized spacial score (nSPS) is 18.9. The van der Waals surface area contributed by atoms with Crippen LogP contribution in [0.15, 0.2) is 18.2 Å². The minimum absolute atomic E-state index is 0.0483. The summed E-state index contributed by atoms with van der Waals surface area (Å²) in [6.07, 6.45) is 5.05. The van der Waals surface area contributed by atoms with Crippen LogP contribution in [0, 0.1) is 19.8 Å². The maximum Gasteiger partial charge on any atom is 0.270 e. The fraction of sp³-hybridized carbons (Fsp3) is 0.545. The molecule has 0 radical (unpaired) electrons. The molecule has 4 rings (SSSR count). The lowest BCUT2D eigenvalue weighted by Gasteiger charge is -2.35. The molecule has 0 atom stereocenters. The second-order valence-corrected chi connectivity index (χ2v) is 8.18. The molecule has 5 heteroatoms. The van der Waals surface area contributed by atoms with Gasteiger partial charge in [-0.15, -0.1) is 0 Å². The number of nitrogens with one attached hydrogen (secondary N) is 1. The van der Waals surface area contributed by atoms with Crippen molar-refractivity contribution in [2.75, 3.05) is 26.2 Å². The Morgan fingerprint density at radius 3 is 2.33 bits per heavy atom. The highest BCUT2D eigenvalue weighted by Crippen LogP contribution is 2.25. The van der Waals surface area contributed by atoms with Crippen molar-refractivity contribution in [3.63, 3.8) is 0 Å². The third-order valence-electron chi connectivity index (χ3n) is 6.12. The Kier molecular flexibility index (Phi) is 4.94. The molecule has 144 valence electrons. The number of benzene rings is 1. The standard InChI is InChI=1S/C22H29N3O2/c1-15-12-16(2)18-14-20(23-19(18)13-15)22(27)25-10-6-17(7-11-25)21(26)24-8-4-3-5-9-24/h12-14,17,23H,3-11H2,1-2H3. The lowest BCUT2D eigenvalue weighted by molar-refractivity contribution is -0.137. The highest BCUT2D eigenvalue weighted by molar-refractivity contribution is 5.99. The van der Waals surface area contributed by atoms with E-state index < -0.39 is 0 Å². The molecule has 2 fully saturated rings. The molecule has 0 unspecified atom stereocenters. The summed E-state index contributed by atoms with van der Waals surface area (Å²) in [6.45, 7) is 7.29. The first-order valence-electron chi connectivity index (χ1n) is 10.2. The van der Waals surface area contributed by atoms with Gasteiger partial charge in [-0.2, -0.15) is 0 Å². The van der Waals surface area contributed by atoms with Crippen LogP contribution in [-0.4, -0.2) is 52.8 Å². The Hall–Kier alpha value is -2.30. The highest BCUT2D eigenvalue weighted by Gasteiger charge is 2.31. The number of H-pyrrole nitrogens is 1. The second kappa shape index (κ2) is 7.37. The number of aryl methyl sites for hydroxylation is 2. The molecule has 3 heterocycles. The van der Waals surface area contributed by atoms with Crippen LogP contribution in [0.1, 0.15) is 53.7 Å². The van der Waals surface area contributed by atoms with E-state index in [4.69, 9.17) is 0 Å². The van der Waals surface area contributed by atoms with Gasteiger partial charge in [0.25, 0.3) is 5.91 Å². The Morgan fingerprint density at radius 1 is 0.926 bits per heavy atom. The van der Waals surface area contributed by atoms with Crippen molar-refractivity contribution in [3.05, 3.63) is 35.0 Å². The summed E-state index contributed by atoms with van der Waals surface area (Å²) in [5.74, 6) is 0.436. The van der Waals surface area contributed by atoms with Crippen LogP contribution in [0.2, 0.25) is 0 Å². The van der Waals surface area contributed by atoms with Gasteiger partial charge in [-0.3, -0.25) is 9.59 Å². The Bertz CT molecular complexity index is 856. The first-order valence-corrected chi connectivity index (χ1v) is 10.2. The fourth-order valence-electron chi connectivity index (χ4n) is 4.59. The van der Waals surface area contributed by atoms with Gasteiger partial charge in [-0.1, -0.05) is 6.07 Å². The number of carbonyl (C=O) groups excluding carboxylic acids is 2. The third kappa shape index (κ3) is 3.60. The number of aromatic nitrogens is 1. The summed E-state index contributed by atoms with van der Waals surface area (Å²) in [4.78, 5) is 32.9. The fourth-order valence-corrected chi connectivity index (χ4v) is 4.59. The van der Waals surface area contributed by atoms with Gasteiger partial charge in [-0.05, 0) is 69.2 Å². The largest absolute Gasteiger partial charge is 0.351 e. The Balaban J connectivity index is 1.41. The van der Waals surface area contributed by atoms with Gasteiger partial charge in [-0.25, -0.2) is 0 Å². The average molecular weight is 367 g/mol. The topological polar surface area (TPSA) is 56.4 Å². The zero-order chi connectivity index (χ0) is 19.0. The van der Waals surface area contributed by atoms with Gasteiger partial charge in [0.2, 0.25) is 5.91 Å². The highest BCUT2D eigenvalue weighted by atomic mass is 16.2. The first kappa shape index (κ1) is 18.1. The van der Waals surface area contributed by atoms with E-state index in [1.165, 1.54) is 17.5 Å². The van der Waals surface area contributed by atoms with Gasteiger partial charge in [0.05, 0.1) is 0 Å². The minimum Gasteiger partial charge on any atom is -0.351 e. The van der Waals surface area contributed by atoms with E-state index in [0.29, 0.717) is 24.7 Å². The number of hydrogen-bond acceptors (Lipinski definition) is 2. The summed E-state index contributed by atoms with van der Waals surface area (Å²) in [5, 5.41) is 1.11. The number of likely N-dealkylation sites (tertiary alicyclic amines) is 2. The maximum atomic E-state index is 12.9. The second-order valence-electron chi connectivity index (χ2n) is 8.18. The van der Waals surface area contributed by atoms with Crippen LogP contribution in [0.4, 0.5) is 0 Å². The van der Waals surface area contributed by atoms with Crippen LogP contribution in [0.5, 0.6) is 0 Å². The van der Waals surface area contributed by atoms with E-state index in [1.54, 1.807) is 0 Å². The van der Waals surface area contributed by atoms with E-state index in [9.17, 15) is 9.59 Å². The molecule has 1 aromatic heterocycles. The van der Waals surface area contributed by atoms with Crippen LogP contribution in [-0.2, 0) is 4.79 Å². The lowest BCUT2D eigenvalue weighted by atomic mass is 9.94. The molecule has 2 amide bonds. The number of rotatable bonds is 2. The monoisotopic (exact) mass is 367 g/mol. The van der Waals surface area contributed by atoms with Crippen molar-refractivity contribution >= 4 is 22.7 Å². The van der Waals surface area contributed by atoms with E-state index in [1.807, 2.05) is 15.9 Å². The zero-order valence-corrected chi connectivity index (χ0v) is 16.4. The Labute approximate surface area is 160 Å². The van der Waals surface area contributed by atoms with Crippen LogP contribution in [0.3, 0.4) is 0 Å². The van der Waals surface area contributed by atoms with Gasteiger partial charge in [0.15, 0.2) is 0 Å². The molecule has 0 bridgehead atoms. The Morgan fingerprint density at radius 2 is 1.63 bits per heavy atom. The third-order valence-corrected chi connectivity index (χ3v) is 6.12. The summed E-state index contributed by atoms with van der Waals surface area (Å²) in [6, 6.07) is 6.20. The molecule has 5 nitrogen and oxygen atoms in total. The number of piperidine rings is 2. The predicted molar refractivity (Wildman–Crippen MR) is 107 cm³/mol. The molecule has 27 heavy (non-hydrogen) atoms. The summed E-state index contributed by atoms with van der Waals surface area (Å²) < 4.78 is 0. The van der Waals surface area contributed by atoms with Gasteiger partial charge in [0, 0.05) is 43.0 Å². The van der Waals surface area contributed by atoms with Crippen molar-refractivity contribution in [1.29, 1.82) is 0 Å².